The first-order valence-electron chi connectivity index (χ1n) is 4.97. The van der Waals surface area contributed by atoms with E-state index >= 15 is 0 Å². The number of pyridine rings is 1. The van der Waals surface area contributed by atoms with Crippen molar-refractivity contribution in [2.75, 3.05) is 5.73 Å². The molecule has 3 heteroatoms. The van der Waals surface area contributed by atoms with Crippen LogP contribution >= 0.6 is 0 Å². The molecule has 3 nitrogen and oxygen atoms in total. The SMILES string of the molecule is Cc1c(N)ncc2c1=C1CC=CC=C1N=2. The summed E-state index contributed by atoms with van der Waals surface area (Å²) in [6.45, 7) is 2.00. The minimum atomic E-state index is 0.604. The van der Waals surface area contributed by atoms with E-state index in [-0.39, 0.29) is 0 Å². The van der Waals surface area contributed by atoms with Gasteiger partial charge >= 0.3 is 0 Å². The minimum absolute atomic E-state index is 0.604. The van der Waals surface area contributed by atoms with Crippen molar-refractivity contribution in [3.05, 3.63) is 46.3 Å². The molecule has 0 amide bonds. The van der Waals surface area contributed by atoms with Crippen molar-refractivity contribution in [3.8, 4) is 0 Å². The number of nitrogens with two attached hydrogens (primary N) is 1. The van der Waals surface area contributed by atoms with Crippen molar-refractivity contribution in [3.63, 3.8) is 0 Å². The predicted molar refractivity (Wildman–Crippen MR) is 59.4 cm³/mol. The molecule has 1 aliphatic carbocycles. The molecule has 1 aromatic rings. The van der Waals surface area contributed by atoms with Crippen LogP contribution in [0.2, 0.25) is 0 Å². The lowest BCUT2D eigenvalue weighted by Gasteiger charge is -2.05. The van der Waals surface area contributed by atoms with Crippen LogP contribution in [-0.4, -0.2) is 4.98 Å². The molecule has 1 aliphatic heterocycles. The van der Waals surface area contributed by atoms with E-state index in [1.807, 2.05) is 19.1 Å². The third-order valence-electron chi connectivity index (χ3n) is 2.91. The molecule has 0 unspecified atom stereocenters. The first kappa shape index (κ1) is 8.41. The number of anilines is 1. The zero-order valence-electron chi connectivity index (χ0n) is 8.49. The predicted octanol–water partition coefficient (Wildman–Crippen LogP) is 0.600. The fourth-order valence-electron chi connectivity index (χ4n) is 2.09. The standard InChI is InChI=1S/C12H11N3/c1-7-11-8-4-2-3-5-9(8)15-10(11)6-14-12(7)13/h2-3,5-6H,4,13H2,1H3. The summed E-state index contributed by atoms with van der Waals surface area (Å²) in [6.07, 6.45) is 8.91. The quantitative estimate of drug-likeness (QED) is 0.662. The summed E-state index contributed by atoms with van der Waals surface area (Å²) >= 11 is 0. The molecule has 0 saturated carbocycles. The lowest BCUT2D eigenvalue weighted by Crippen LogP contribution is -2.28. The van der Waals surface area contributed by atoms with Crippen LogP contribution in [0.5, 0.6) is 0 Å². The Morgan fingerprint density at radius 3 is 3.13 bits per heavy atom. The minimum Gasteiger partial charge on any atom is -0.383 e. The zero-order chi connectivity index (χ0) is 10.4. The molecule has 15 heavy (non-hydrogen) atoms. The normalized spacial score (nSPS) is 16.9. The van der Waals surface area contributed by atoms with E-state index in [9.17, 15) is 0 Å². The third-order valence-corrected chi connectivity index (χ3v) is 2.91. The van der Waals surface area contributed by atoms with Crippen molar-refractivity contribution in [2.45, 2.75) is 13.3 Å². The highest BCUT2D eigenvalue weighted by Gasteiger charge is 2.15. The van der Waals surface area contributed by atoms with Crippen LogP contribution in [0.1, 0.15) is 12.0 Å². The average molecular weight is 197 g/mol. The molecule has 0 bridgehead atoms. The van der Waals surface area contributed by atoms with Crippen molar-refractivity contribution in [1.29, 1.82) is 0 Å². The molecule has 2 heterocycles. The van der Waals surface area contributed by atoms with Crippen LogP contribution < -0.4 is 16.3 Å². The summed E-state index contributed by atoms with van der Waals surface area (Å²) in [4.78, 5) is 8.66. The van der Waals surface area contributed by atoms with Gasteiger partial charge in [0.25, 0.3) is 0 Å². The molecular weight excluding hydrogens is 186 g/mol. The van der Waals surface area contributed by atoms with Crippen LogP contribution in [0.25, 0.3) is 5.57 Å². The Balaban J connectivity index is 2.49. The lowest BCUT2D eigenvalue weighted by molar-refractivity contribution is 1.18. The topological polar surface area (TPSA) is 51.3 Å². The van der Waals surface area contributed by atoms with E-state index in [4.69, 9.17) is 5.73 Å². The van der Waals surface area contributed by atoms with Crippen LogP contribution in [0.4, 0.5) is 5.82 Å². The third kappa shape index (κ3) is 1.06. The van der Waals surface area contributed by atoms with E-state index in [0.29, 0.717) is 5.82 Å². The van der Waals surface area contributed by atoms with E-state index < -0.39 is 0 Å². The lowest BCUT2D eigenvalue weighted by atomic mass is 10.0. The Hall–Kier alpha value is -1.90. The summed E-state index contributed by atoms with van der Waals surface area (Å²) in [5.41, 5.74) is 9.19. The van der Waals surface area contributed by atoms with Gasteiger partial charge < -0.3 is 5.73 Å². The van der Waals surface area contributed by atoms with Gasteiger partial charge in [-0.2, -0.15) is 0 Å². The van der Waals surface area contributed by atoms with Gasteiger partial charge in [0.1, 0.15) is 5.82 Å². The highest BCUT2D eigenvalue weighted by atomic mass is 14.9. The van der Waals surface area contributed by atoms with Crippen molar-refractivity contribution < 1.29 is 0 Å². The van der Waals surface area contributed by atoms with Gasteiger partial charge in [0.15, 0.2) is 0 Å². The van der Waals surface area contributed by atoms with Crippen LogP contribution in [0.15, 0.2) is 35.1 Å². The molecule has 0 spiro atoms. The highest BCUT2D eigenvalue weighted by molar-refractivity contribution is 5.71. The second kappa shape index (κ2) is 2.79. The summed E-state index contributed by atoms with van der Waals surface area (Å²) in [7, 11) is 0. The van der Waals surface area contributed by atoms with Gasteiger partial charge in [0.05, 0.1) is 17.3 Å². The van der Waals surface area contributed by atoms with Crippen molar-refractivity contribution in [1.82, 2.24) is 4.98 Å². The maximum atomic E-state index is 5.81. The van der Waals surface area contributed by atoms with Gasteiger partial charge in [-0.3, -0.25) is 0 Å². The number of nitrogens with zero attached hydrogens (tertiary/aromatic N) is 2. The summed E-state index contributed by atoms with van der Waals surface area (Å²) in [5.74, 6) is 0.604. The van der Waals surface area contributed by atoms with Crippen LogP contribution in [0.3, 0.4) is 0 Å². The van der Waals surface area contributed by atoms with Crippen LogP contribution in [0, 0.1) is 6.92 Å². The first-order chi connectivity index (χ1) is 7.27. The number of allylic oxidation sites excluding steroid dienone is 4. The number of aromatic nitrogens is 1. The molecular formula is C12H11N3. The Bertz CT molecular complexity index is 621. The number of nitrogen functional groups attached to an aromatic ring is 1. The Morgan fingerprint density at radius 1 is 1.40 bits per heavy atom. The number of fused-ring (bicyclic) bond motifs is 2. The van der Waals surface area contributed by atoms with E-state index in [0.717, 1.165) is 23.0 Å². The molecule has 2 aliphatic rings. The second-order valence-electron chi connectivity index (χ2n) is 3.80. The molecule has 1 aromatic heterocycles. The number of hydrogen-bond donors (Lipinski definition) is 1. The van der Waals surface area contributed by atoms with E-state index in [1.165, 1.54) is 10.8 Å². The summed E-state index contributed by atoms with van der Waals surface area (Å²) in [5, 5.41) is 2.13. The second-order valence-corrected chi connectivity index (χ2v) is 3.80. The molecule has 0 saturated heterocycles. The fourth-order valence-corrected chi connectivity index (χ4v) is 2.09. The summed E-state index contributed by atoms with van der Waals surface area (Å²) in [6, 6.07) is 0. The molecule has 0 atom stereocenters. The maximum absolute atomic E-state index is 5.81. The van der Waals surface area contributed by atoms with Gasteiger partial charge in [-0.1, -0.05) is 12.2 Å². The molecule has 0 radical (unpaired) electrons. The Labute approximate surface area is 87.4 Å². The van der Waals surface area contributed by atoms with Gasteiger partial charge in [0, 0.05) is 10.8 Å². The van der Waals surface area contributed by atoms with E-state index in [2.05, 4.69) is 16.1 Å². The molecule has 0 fully saturated rings. The van der Waals surface area contributed by atoms with E-state index in [1.54, 1.807) is 6.20 Å². The first-order valence-corrected chi connectivity index (χ1v) is 4.97. The maximum Gasteiger partial charge on any atom is 0.127 e. The monoisotopic (exact) mass is 197 g/mol. The highest BCUT2D eigenvalue weighted by Crippen LogP contribution is 2.22. The average Bonchev–Trinajstić information content (AvgIpc) is 2.62. The number of rotatable bonds is 0. The molecule has 3 rings (SSSR count). The van der Waals surface area contributed by atoms with Crippen molar-refractivity contribution >= 4 is 11.4 Å². The van der Waals surface area contributed by atoms with Gasteiger partial charge in [0.2, 0.25) is 0 Å². The molecule has 2 N–H and O–H groups in total. The molecule has 0 aromatic carbocycles. The fraction of sp³-hybridized carbons (Fsp3) is 0.167. The largest absolute Gasteiger partial charge is 0.383 e. The number of hydrogen-bond acceptors (Lipinski definition) is 3. The summed E-state index contributed by atoms with van der Waals surface area (Å²) < 4.78 is 0. The Morgan fingerprint density at radius 2 is 2.27 bits per heavy atom. The van der Waals surface area contributed by atoms with Crippen LogP contribution in [-0.2, 0) is 0 Å². The van der Waals surface area contributed by atoms with Gasteiger partial charge in [-0.15, -0.1) is 0 Å². The Kier molecular flexibility index (Phi) is 1.57. The van der Waals surface area contributed by atoms with Crippen molar-refractivity contribution in [2.24, 2.45) is 4.99 Å². The molecule has 74 valence electrons. The smallest absolute Gasteiger partial charge is 0.127 e. The zero-order valence-corrected chi connectivity index (χ0v) is 8.49. The van der Waals surface area contributed by atoms with Gasteiger partial charge in [-0.25, -0.2) is 9.98 Å². The van der Waals surface area contributed by atoms with Gasteiger partial charge in [-0.05, 0) is 25.0 Å².